The van der Waals surface area contributed by atoms with Crippen LogP contribution in [0.15, 0.2) is 12.3 Å². The lowest BCUT2D eigenvalue weighted by molar-refractivity contribution is -0.141. The maximum atomic E-state index is 12.3. The summed E-state index contributed by atoms with van der Waals surface area (Å²) in [5.74, 6) is 0.288. The van der Waals surface area contributed by atoms with Gasteiger partial charge in [-0.2, -0.15) is 13.2 Å². The largest absolute Gasteiger partial charge is 0.489 e. The van der Waals surface area contributed by atoms with Crippen molar-refractivity contribution in [3.05, 3.63) is 23.0 Å². The molecule has 15 heavy (non-hydrogen) atoms. The van der Waals surface area contributed by atoms with Crippen LogP contribution in [0, 0.1) is 0 Å². The SMILES string of the molecule is FC(F)(F)c1ncc(OC2CC2)cc1Cl. The lowest BCUT2D eigenvalue weighted by atomic mass is 10.3. The fraction of sp³-hybridized carbons (Fsp3) is 0.444. The number of pyridine rings is 1. The van der Waals surface area contributed by atoms with Gasteiger partial charge in [0.2, 0.25) is 0 Å². The quantitative estimate of drug-likeness (QED) is 0.787. The summed E-state index contributed by atoms with van der Waals surface area (Å²) >= 11 is 5.46. The van der Waals surface area contributed by atoms with Gasteiger partial charge in [0.05, 0.1) is 17.3 Å². The van der Waals surface area contributed by atoms with Crippen LogP contribution in [0.2, 0.25) is 5.02 Å². The second-order valence-corrected chi connectivity index (χ2v) is 3.72. The van der Waals surface area contributed by atoms with Gasteiger partial charge in [0.15, 0.2) is 5.69 Å². The molecular formula is C9H7ClF3NO. The van der Waals surface area contributed by atoms with Gasteiger partial charge in [-0.05, 0) is 12.8 Å². The van der Waals surface area contributed by atoms with Crippen molar-refractivity contribution in [2.45, 2.75) is 25.1 Å². The molecule has 0 bridgehead atoms. The molecule has 1 aromatic rings. The van der Waals surface area contributed by atoms with Crippen LogP contribution in [0.4, 0.5) is 13.2 Å². The van der Waals surface area contributed by atoms with E-state index in [1.54, 1.807) is 0 Å². The van der Waals surface area contributed by atoms with E-state index in [1.807, 2.05) is 0 Å². The Bertz CT molecular complexity index is 376. The van der Waals surface area contributed by atoms with Crippen LogP contribution in [-0.4, -0.2) is 11.1 Å². The Balaban J connectivity index is 2.21. The van der Waals surface area contributed by atoms with Crippen molar-refractivity contribution in [2.75, 3.05) is 0 Å². The topological polar surface area (TPSA) is 22.1 Å². The fourth-order valence-corrected chi connectivity index (χ4v) is 1.34. The van der Waals surface area contributed by atoms with Gasteiger partial charge in [0.25, 0.3) is 0 Å². The van der Waals surface area contributed by atoms with Crippen molar-refractivity contribution in [3.63, 3.8) is 0 Å². The summed E-state index contributed by atoms with van der Waals surface area (Å²) in [6, 6.07) is 1.15. The Morgan fingerprint density at radius 2 is 2.07 bits per heavy atom. The van der Waals surface area contributed by atoms with Crippen molar-refractivity contribution in [1.82, 2.24) is 4.98 Å². The Morgan fingerprint density at radius 1 is 1.40 bits per heavy atom. The number of ether oxygens (including phenoxy) is 1. The number of aromatic nitrogens is 1. The molecule has 0 aliphatic heterocycles. The van der Waals surface area contributed by atoms with Crippen LogP contribution < -0.4 is 4.74 Å². The van der Waals surface area contributed by atoms with Crippen molar-refractivity contribution in [2.24, 2.45) is 0 Å². The zero-order valence-electron chi connectivity index (χ0n) is 7.51. The summed E-state index contributed by atoms with van der Waals surface area (Å²) < 4.78 is 42.1. The number of halogens is 4. The van der Waals surface area contributed by atoms with E-state index in [0.29, 0.717) is 0 Å². The summed E-state index contributed by atoms with van der Waals surface area (Å²) in [6.07, 6.45) is -1.50. The van der Waals surface area contributed by atoms with Crippen LogP contribution in [0.3, 0.4) is 0 Å². The second kappa shape index (κ2) is 3.56. The minimum absolute atomic E-state index is 0.111. The Labute approximate surface area is 89.0 Å². The molecule has 1 aliphatic carbocycles. The lowest BCUT2D eigenvalue weighted by Crippen LogP contribution is -2.09. The highest BCUT2D eigenvalue weighted by Crippen LogP contribution is 2.35. The average molecular weight is 238 g/mol. The molecular weight excluding hydrogens is 231 g/mol. The fourth-order valence-electron chi connectivity index (χ4n) is 1.07. The molecule has 2 rings (SSSR count). The molecule has 0 saturated heterocycles. The number of hydrogen-bond acceptors (Lipinski definition) is 2. The molecule has 82 valence electrons. The molecule has 1 saturated carbocycles. The monoisotopic (exact) mass is 237 g/mol. The molecule has 0 N–H and O–H groups in total. The third kappa shape index (κ3) is 2.53. The van der Waals surface area contributed by atoms with Gasteiger partial charge in [0, 0.05) is 6.07 Å². The smallest absolute Gasteiger partial charge is 0.434 e. The zero-order chi connectivity index (χ0) is 11.1. The molecule has 0 radical (unpaired) electrons. The highest BCUT2D eigenvalue weighted by Gasteiger charge is 2.35. The van der Waals surface area contributed by atoms with Gasteiger partial charge in [-0.15, -0.1) is 0 Å². The summed E-state index contributed by atoms with van der Waals surface area (Å²) in [5.41, 5.74) is -1.08. The van der Waals surface area contributed by atoms with Crippen molar-refractivity contribution >= 4 is 11.6 Å². The first-order valence-corrected chi connectivity index (χ1v) is 4.74. The van der Waals surface area contributed by atoms with Crippen LogP contribution in [0.5, 0.6) is 5.75 Å². The Kier molecular flexibility index (Phi) is 2.50. The molecule has 0 aromatic carbocycles. The summed E-state index contributed by atoms with van der Waals surface area (Å²) in [5, 5.41) is -0.430. The summed E-state index contributed by atoms with van der Waals surface area (Å²) in [7, 11) is 0. The molecule has 6 heteroatoms. The molecule has 1 aliphatic rings. The maximum Gasteiger partial charge on any atom is 0.434 e. The zero-order valence-corrected chi connectivity index (χ0v) is 8.27. The molecule has 0 amide bonds. The van der Waals surface area contributed by atoms with E-state index in [1.165, 1.54) is 0 Å². The molecule has 0 unspecified atom stereocenters. The van der Waals surface area contributed by atoms with Crippen molar-refractivity contribution in [1.29, 1.82) is 0 Å². The van der Waals surface area contributed by atoms with E-state index < -0.39 is 16.9 Å². The second-order valence-electron chi connectivity index (χ2n) is 3.32. The molecule has 1 fully saturated rings. The summed E-state index contributed by atoms with van der Waals surface area (Å²) in [6.45, 7) is 0. The molecule has 1 aromatic heterocycles. The van der Waals surface area contributed by atoms with Gasteiger partial charge in [-0.3, -0.25) is 0 Å². The van der Waals surface area contributed by atoms with E-state index in [9.17, 15) is 13.2 Å². The van der Waals surface area contributed by atoms with Crippen LogP contribution in [0.1, 0.15) is 18.5 Å². The lowest BCUT2D eigenvalue weighted by Gasteiger charge is -2.09. The van der Waals surface area contributed by atoms with E-state index in [2.05, 4.69) is 4.98 Å². The predicted molar refractivity (Wildman–Crippen MR) is 47.9 cm³/mol. The van der Waals surface area contributed by atoms with E-state index >= 15 is 0 Å². The highest BCUT2D eigenvalue weighted by atomic mass is 35.5. The Hall–Kier alpha value is -0.970. The maximum absolute atomic E-state index is 12.3. The number of alkyl halides is 3. The predicted octanol–water partition coefficient (Wildman–Crippen LogP) is 3.30. The molecule has 0 spiro atoms. The van der Waals surface area contributed by atoms with E-state index in [0.717, 1.165) is 25.1 Å². The molecule has 2 nitrogen and oxygen atoms in total. The number of rotatable bonds is 2. The standard InChI is InChI=1S/C9H7ClF3NO/c10-7-3-6(15-5-1-2-5)4-14-8(7)9(11,12)13/h3-5H,1-2H2. The number of hydrogen-bond donors (Lipinski definition) is 0. The van der Waals surface area contributed by atoms with Gasteiger partial charge in [-0.25, -0.2) is 4.98 Å². The van der Waals surface area contributed by atoms with Crippen LogP contribution in [-0.2, 0) is 6.18 Å². The molecule has 0 atom stereocenters. The van der Waals surface area contributed by atoms with E-state index in [-0.39, 0.29) is 11.9 Å². The minimum atomic E-state index is -4.52. The molecule has 1 heterocycles. The first-order valence-electron chi connectivity index (χ1n) is 4.36. The summed E-state index contributed by atoms with van der Waals surface area (Å²) in [4.78, 5) is 3.25. The van der Waals surface area contributed by atoms with Gasteiger partial charge >= 0.3 is 6.18 Å². The normalized spacial score (nSPS) is 16.5. The first kappa shape index (κ1) is 10.5. The average Bonchev–Trinajstić information content (AvgIpc) is 2.85. The van der Waals surface area contributed by atoms with E-state index in [4.69, 9.17) is 16.3 Å². The van der Waals surface area contributed by atoms with Crippen molar-refractivity contribution < 1.29 is 17.9 Å². The highest BCUT2D eigenvalue weighted by molar-refractivity contribution is 6.31. The number of nitrogens with zero attached hydrogens (tertiary/aromatic N) is 1. The van der Waals surface area contributed by atoms with Crippen molar-refractivity contribution in [3.8, 4) is 5.75 Å². The van der Waals surface area contributed by atoms with Gasteiger partial charge in [-0.1, -0.05) is 11.6 Å². The minimum Gasteiger partial charge on any atom is -0.489 e. The Morgan fingerprint density at radius 3 is 2.53 bits per heavy atom. The van der Waals surface area contributed by atoms with Crippen LogP contribution in [0.25, 0.3) is 0 Å². The third-order valence-electron chi connectivity index (χ3n) is 1.91. The third-order valence-corrected chi connectivity index (χ3v) is 2.20. The van der Waals surface area contributed by atoms with Gasteiger partial charge in [0.1, 0.15) is 5.75 Å². The van der Waals surface area contributed by atoms with Gasteiger partial charge < -0.3 is 4.74 Å². The first-order chi connectivity index (χ1) is 6.97. The van der Waals surface area contributed by atoms with Crippen LogP contribution >= 0.6 is 11.6 Å².